The van der Waals surface area contributed by atoms with Crippen LogP contribution in [0.3, 0.4) is 0 Å². The molecule has 0 spiro atoms. The van der Waals surface area contributed by atoms with Crippen molar-refractivity contribution in [3.63, 3.8) is 0 Å². The first kappa shape index (κ1) is 16.5. The van der Waals surface area contributed by atoms with Crippen LogP contribution in [-0.2, 0) is 4.79 Å². The number of benzene rings is 1. The van der Waals surface area contributed by atoms with Gasteiger partial charge in [0.15, 0.2) is 0 Å². The van der Waals surface area contributed by atoms with E-state index in [0.717, 1.165) is 5.56 Å². The highest BCUT2D eigenvalue weighted by Gasteiger charge is 2.25. The molecule has 5 heteroatoms. The average molecular weight is 297 g/mol. The number of alkyl halides is 1. The molecule has 1 rings (SSSR count). The van der Waals surface area contributed by atoms with Crippen LogP contribution in [0.5, 0.6) is 0 Å². The van der Waals surface area contributed by atoms with Crippen molar-refractivity contribution in [1.29, 1.82) is 0 Å². The highest BCUT2D eigenvalue weighted by Crippen LogP contribution is 2.16. The zero-order valence-corrected chi connectivity index (χ0v) is 12.9. The lowest BCUT2D eigenvalue weighted by atomic mass is 9.95. The molecule has 0 aliphatic heterocycles. The molecule has 4 nitrogen and oxygen atoms in total. The number of amides is 2. The normalized spacial score (nSPS) is 11.0. The second-order valence-corrected chi connectivity index (χ2v) is 5.67. The van der Waals surface area contributed by atoms with Crippen molar-refractivity contribution in [3.8, 4) is 0 Å². The van der Waals surface area contributed by atoms with E-state index in [0.29, 0.717) is 18.7 Å². The van der Waals surface area contributed by atoms with Crippen LogP contribution in [0.1, 0.15) is 29.8 Å². The van der Waals surface area contributed by atoms with Gasteiger partial charge >= 0.3 is 0 Å². The second kappa shape index (κ2) is 7.29. The molecule has 0 unspecified atom stereocenters. The molecular weight excluding hydrogens is 276 g/mol. The number of carbonyl (C=O) groups excluding carboxylic acids is 2. The highest BCUT2D eigenvalue weighted by molar-refractivity contribution is 6.19. The summed E-state index contributed by atoms with van der Waals surface area (Å²) in [6, 6.07) is 7.36. The van der Waals surface area contributed by atoms with Crippen LogP contribution in [0.4, 0.5) is 0 Å². The van der Waals surface area contributed by atoms with Gasteiger partial charge in [-0.1, -0.05) is 17.7 Å². The van der Waals surface area contributed by atoms with E-state index in [1.807, 2.05) is 25.1 Å². The van der Waals surface area contributed by atoms with Gasteiger partial charge in [0.1, 0.15) is 0 Å². The van der Waals surface area contributed by atoms with Crippen LogP contribution >= 0.6 is 11.6 Å². The lowest BCUT2D eigenvalue weighted by Crippen LogP contribution is -2.41. The maximum absolute atomic E-state index is 11.8. The fraction of sp³-hybridized carbons (Fsp3) is 0.467. The predicted octanol–water partition coefficient (Wildman–Crippen LogP) is 2.11. The van der Waals surface area contributed by atoms with E-state index in [1.165, 1.54) is 0 Å². The van der Waals surface area contributed by atoms with Crippen LogP contribution in [0, 0.1) is 12.3 Å². The van der Waals surface area contributed by atoms with Gasteiger partial charge in [0.2, 0.25) is 5.91 Å². The molecule has 0 atom stereocenters. The molecule has 20 heavy (non-hydrogen) atoms. The number of rotatable bonds is 6. The molecule has 0 aliphatic carbocycles. The molecule has 2 N–H and O–H groups in total. The van der Waals surface area contributed by atoms with E-state index in [-0.39, 0.29) is 17.7 Å². The monoisotopic (exact) mass is 296 g/mol. The standard InChI is InChI=1S/C15H21ClN2O2/c1-11-5-4-6-12(9-11)13(19)17-7-8-18-14(20)15(2,3)10-16/h4-6,9H,7-8,10H2,1-3H3,(H,17,19)(H,18,20). The molecule has 1 aromatic carbocycles. The van der Waals surface area contributed by atoms with E-state index in [2.05, 4.69) is 10.6 Å². The molecule has 0 aromatic heterocycles. The van der Waals surface area contributed by atoms with Crippen molar-refractivity contribution >= 4 is 23.4 Å². The van der Waals surface area contributed by atoms with Gasteiger partial charge in [0, 0.05) is 24.5 Å². The number of hydrogen-bond acceptors (Lipinski definition) is 2. The Morgan fingerprint density at radius 2 is 1.85 bits per heavy atom. The molecule has 0 radical (unpaired) electrons. The SMILES string of the molecule is Cc1cccc(C(=O)NCCNC(=O)C(C)(C)CCl)c1. The van der Waals surface area contributed by atoms with Gasteiger partial charge in [0.25, 0.3) is 5.91 Å². The highest BCUT2D eigenvalue weighted by atomic mass is 35.5. The molecule has 1 aromatic rings. The molecule has 0 bridgehead atoms. The van der Waals surface area contributed by atoms with Gasteiger partial charge in [0.05, 0.1) is 5.41 Å². The maximum Gasteiger partial charge on any atom is 0.251 e. The van der Waals surface area contributed by atoms with Gasteiger partial charge in [-0.15, -0.1) is 11.6 Å². The lowest BCUT2D eigenvalue weighted by molar-refractivity contribution is -0.128. The van der Waals surface area contributed by atoms with Gasteiger partial charge in [-0.2, -0.15) is 0 Å². The van der Waals surface area contributed by atoms with Crippen LogP contribution in [0.15, 0.2) is 24.3 Å². The first-order chi connectivity index (χ1) is 9.36. The summed E-state index contributed by atoms with van der Waals surface area (Å²) in [6.07, 6.45) is 0. The Balaban J connectivity index is 2.35. The summed E-state index contributed by atoms with van der Waals surface area (Å²) in [5.74, 6) is 0.00551. The zero-order chi connectivity index (χ0) is 15.2. The maximum atomic E-state index is 11.8. The Hall–Kier alpha value is -1.55. The van der Waals surface area contributed by atoms with E-state index in [1.54, 1.807) is 19.9 Å². The largest absolute Gasteiger partial charge is 0.354 e. The van der Waals surface area contributed by atoms with Crippen molar-refractivity contribution in [2.45, 2.75) is 20.8 Å². The van der Waals surface area contributed by atoms with E-state index in [4.69, 9.17) is 11.6 Å². The summed E-state index contributed by atoms with van der Waals surface area (Å²) in [4.78, 5) is 23.6. The molecule has 0 fully saturated rings. The fourth-order valence-electron chi connectivity index (χ4n) is 1.54. The summed E-state index contributed by atoms with van der Waals surface area (Å²) in [5.41, 5.74) is 1.06. The van der Waals surface area contributed by atoms with Crippen LogP contribution in [0.25, 0.3) is 0 Å². The third-order valence-electron chi connectivity index (χ3n) is 2.93. The summed E-state index contributed by atoms with van der Waals surface area (Å²) >= 11 is 5.72. The predicted molar refractivity (Wildman–Crippen MR) is 81.0 cm³/mol. The number of nitrogens with one attached hydrogen (secondary N) is 2. The fourth-order valence-corrected chi connectivity index (χ4v) is 1.66. The van der Waals surface area contributed by atoms with Gasteiger partial charge in [-0.05, 0) is 32.9 Å². The van der Waals surface area contributed by atoms with Crippen molar-refractivity contribution in [1.82, 2.24) is 10.6 Å². The third-order valence-corrected chi connectivity index (χ3v) is 3.59. The Labute approximate surface area is 124 Å². The average Bonchev–Trinajstić information content (AvgIpc) is 2.42. The van der Waals surface area contributed by atoms with Crippen molar-refractivity contribution in [2.24, 2.45) is 5.41 Å². The quantitative estimate of drug-likeness (QED) is 0.624. The minimum atomic E-state index is -0.595. The van der Waals surface area contributed by atoms with Crippen LogP contribution < -0.4 is 10.6 Å². The minimum Gasteiger partial charge on any atom is -0.354 e. The molecule has 2 amide bonds. The molecule has 0 aliphatic rings. The van der Waals surface area contributed by atoms with Crippen molar-refractivity contribution in [3.05, 3.63) is 35.4 Å². The molecule has 0 heterocycles. The van der Waals surface area contributed by atoms with Crippen LogP contribution in [-0.4, -0.2) is 30.8 Å². The molecule has 0 saturated heterocycles. The van der Waals surface area contributed by atoms with Gasteiger partial charge in [-0.3, -0.25) is 9.59 Å². The minimum absolute atomic E-state index is 0.114. The Morgan fingerprint density at radius 3 is 2.45 bits per heavy atom. The number of hydrogen-bond donors (Lipinski definition) is 2. The Bertz CT molecular complexity index is 487. The van der Waals surface area contributed by atoms with E-state index < -0.39 is 5.41 Å². The molecule has 0 saturated carbocycles. The summed E-state index contributed by atoms with van der Waals surface area (Å²) in [6.45, 7) is 6.26. The third kappa shape index (κ3) is 4.85. The number of halogens is 1. The van der Waals surface area contributed by atoms with Gasteiger partial charge < -0.3 is 10.6 Å². The summed E-state index contributed by atoms with van der Waals surface area (Å²) < 4.78 is 0. The molecule has 110 valence electrons. The van der Waals surface area contributed by atoms with Crippen molar-refractivity contribution in [2.75, 3.05) is 19.0 Å². The van der Waals surface area contributed by atoms with E-state index in [9.17, 15) is 9.59 Å². The first-order valence-electron chi connectivity index (χ1n) is 6.56. The number of aryl methyl sites for hydroxylation is 1. The second-order valence-electron chi connectivity index (χ2n) is 5.40. The summed E-state index contributed by atoms with van der Waals surface area (Å²) in [5, 5.41) is 5.52. The Kier molecular flexibility index (Phi) is 6.02. The van der Waals surface area contributed by atoms with E-state index >= 15 is 0 Å². The zero-order valence-electron chi connectivity index (χ0n) is 12.1. The smallest absolute Gasteiger partial charge is 0.251 e. The Morgan fingerprint density at radius 1 is 1.20 bits per heavy atom. The lowest BCUT2D eigenvalue weighted by Gasteiger charge is -2.20. The topological polar surface area (TPSA) is 58.2 Å². The number of carbonyl (C=O) groups is 2. The van der Waals surface area contributed by atoms with Crippen LogP contribution in [0.2, 0.25) is 0 Å². The first-order valence-corrected chi connectivity index (χ1v) is 7.09. The van der Waals surface area contributed by atoms with Crippen molar-refractivity contribution < 1.29 is 9.59 Å². The van der Waals surface area contributed by atoms with Gasteiger partial charge in [-0.25, -0.2) is 0 Å². The molecular formula is C15H21ClN2O2. The summed E-state index contributed by atoms with van der Waals surface area (Å²) in [7, 11) is 0.